The molecule has 0 amide bonds. The maximum atomic E-state index is 4.27. The maximum absolute atomic E-state index is 4.27. The maximum Gasteiger partial charge on any atom is 0.191 e. The second kappa shape index (κ2) is 8.38. The van der Waals surface area contributed by atoms with E-state index in [0.717, 1.165) is 32.0 Å². The van der Waals surface area contributed by atoms with Crippen LogP contribution in [0.1, 0.15) is 27.2 Å². The van der Waals surface area contributed by atoms with E-state index in [1.807, 2.05) is 7.05 Å². The molecule has 19 heavy (non-hydrogen) atoms. The van der Waals surface area contributed by atoms with Gasteiger partial charge in [-0.3, -0.25) is 9.89 Å². The minimum Gasteiger partial charge on any atom is -0.355 e. The minimum absolute atomic E-state index is 0.463. The fraction of sp³-hybridized carbons (Fsp3) is 0.929. The van der Waals surface area contributed by atoms with Gasteiger partial charge in [0, 0.05) is 51.9 Å². The van der Waals surface area contributed by atoms with Gasteiger partial charge in [-0.25, -0.2) is 0 Å². The molecule has 1 aliphatic heterocycles. The van der Waals surface area contributed by atoms with Crippen LogP contribution in [0.25, 0.3) is 0 Å². The number of nitrogens with one attached hydrogen (secondary N) is 2. The summed E-state index contributed by atoms with van der Waals surface area (Å²) in [5.74, 6) is 0.912. The van der Waals surface area contributed by atoms with Crippen LogP contribution in [0.4, 0.5) is 0 Å². The molecular formula is C14H31N5. The Hall–Kier alpha value is -0.810. The second-order valence-corrected chi connectivity index (χ2v) is 5.60. The van der Waals surface area contributed by atoms with Crippen LogP contribution in [0.15, 0.2) is 4.99 Å². The van der Waals surface area contributed by atoms with E-state index < -0.39 is 0 Å². The zero-order valence-electron chi connectivity index (χ0n) is 13.2. The molecule has 1 heterocycles. The SMILES string of the molecule is CCC(C)NC(=NC)NCC(C)N1CCN(C)CC1. The van der Waals surface area contributed by atoms with Crippen LogP contribution < -0.4 is 10.6 Å². The van der Waals surface area contributed by atoms with E-state index >= 15 is 0 Å². The summed E-state index contributed by atoms with van der Waals surface area (Å²) in [6, 6.07) is 1.01. The molecule has 0 spiro atoms. The summed E-state index contributed by atoms with van der Waals surface area (Å²) in [4.78, 5) is 9.21. The number of aliphatic imine (C=N–C) groups is 1. The smallest absolute Gasteiger partial charge is 0.191 e. The Morgan fingerprint density at radius 2 is 1.84 bits per heavy atom. The Balaban J connectivity index is 2.30. The van der Waals surface area contributed by atoms with Gasteiger partial charge in [-0.05, 0) is 27.3 Å². The summed E-state index contributed by atoms with van der Waals surface area (Å²) < 4.78 is 0. The Morgan fingerprint density at radius 3 is 2.37 bits per heavy atom. The lowest BCUT2D eigenvalue weighted by atomic mass is 10.2. The van der Waals surface area contributed by atoms with Crippen molar-refractivity contribution in [2.24, 2.45) is 4.99 Å². The molecule has 0 radical (unpaired) electrons. The number of hydrogen-bond donors (Lipinski definition) is 2. The highest BCUT2D eigenvalue weighted by Crippen LogP contribution is 2.03. The van der Waals surface area contributed by atoms with Gasteiger partial charge >= 0.3 is 0 Å². The first-order chi connectivity index (χ1) is 9.06. The van der Waals surface area contributed by atoms with E-state index in [2.05, 4.69) is 53.2 Å². The van der Waals surface area contributed by atoms with Crippen LogP contribution in [0, 0.1) is 0 Å². The number of piperazine rings is 1. The van der Waals surface area contributed by atoms with Crippen molar-refractivity contribution >= 4 is 5.96 Å². The van der Waals surface area contributed by atoms with Gasteiger partial charge < -0.3 is 15.5 Å². The Morgan fingerprint density at radius 1 is 1.21 bits per heavy atom. The lowest BCUT2D eigenvalue weighted by molar-refractivity contribution is 0.120. The number of guanidine groups is 1. The minimum atomic E-state index is 0.463. The zero-order valence-corrected chi connectivity index (χ0v) is 13.2. The van der Waals surface area contributed by atoms with E-state index in [4.69, 9.17) is 0 Å². The molecule has 0 bridgehead atoms. The summed E-state index contributed by atoms with van der Waals surface area (Å²) in [7, 11) is 4.02. The van der Waals surface area contributed by atoms with E-state index in [1.54, 1.807) is 0 Å². The van der Waals surface area contributed by atoms with Gasteiger partial charge in [0.25, 0.3) is 0 Å². The molecule has 0 aromatic carbocycles. The third-order valence-electron chi connectivity index (χ3n) is 3.95. The number of hydrogen-bond acceptors (Lipinski definition) is 3. The summed E-state index contributed by atoms with van der Waals surface area (Å²) >= 11 is 0. The number of nitrogens with zero attached hydrogens (tertiary/aromatic N) is 3. The van der Waals surface area contributed by atoms with Crippen LogP contribution in [0.5, 0.6) is 0 Å². The Bertz CT molecular complexity index is 271. The second-order valence-electron chi connectivity index (χ2n) is 5.60. The van der Waals surface area contributed by atoms with Crippen molar-refractivity contribution in [2.75, 3.05) is 46.8 Å². The predicted octanol–water partition coefficient (Wildman–Crippen LogP) is 0.586. The van der Waals surface area contributed by atoms with Gasteiger partial charge in [-0.2, -0.15) is 0 Å². The molecule has 112 valence electrons. The lowest BCUT2D eigenvalue weighted by Gasteiger charge is -2.36. The monoisotopic (exact) mass is 269 g/mol. The van der Waals surface area contributed by atoms with E-state index in [0.29, 0.717) is 12.1 Å². The van der Waals surface area contributed by atoms with Crippen LogP contribution in [0.3, 0.4) is 0 Å². The Labute approximate surface area is 118 Å². The molecule has 0 aromatic rings. The highest BCUT2D eigenvalue weighted by molar-refractivity contribution is 5.79. The summed E-state index contributed by atoms with van der Waals surface area (Å²) in [6.45, 7) is 12.3. The predicted molar refractivity (Wildman–Crippen MR) is 82.8 cm³/mol. The zero-order chi connectivity index (χ0) is 14.3. The Kier molecular flexibility index (Phi) is 7.16. The first-order valence-corrected chi connectivity index (χ1v) is 7.46. The van der Waals surface area contributed by atoms with Crippen LogP contribution in [-0.4, -0.2) is 74.7 Å². The molecule has 0 aliphatic carbocycles. The highest BCUT2D eigenvalue weighted by atomic mass is 15.3. The largest absolute Gasteiger partial charge is 0.355 e. The van der Waals surface area contributed by atoms with Crippen molar-refractivity contribution in [3.05, 3.63) is 0 Å². The topological polar surface area (TPSA) is 42.9 Å². The third-order valence-corrected chi connectivity index (χ3v) is 3.95. The first-order valence-electron chi connectivity index (χ1n) is 7.46. The molecule has 1 fully saturated rings. The molecule has 1 rings (SSSR count). The van der Waals surface area contributed by atoms with Crippen molar-refractivity contribution in [3.8, 4) is 0 Å². The van der Waals surface area contributed by atoms with Crippen LogP contribution >= 0.6 is 0 Å². The van der Waals surface area contributed by atoms with Crippen molar-refractivity contribution in [1.29, 1.82) is 0 Å². The molecule has 5 nitrogen and oxygen atoms in total. The molecule has 1 saturated heterocycles. The van der Waals surface area contributed by atoms with Crippen LogP contribution in [-0.2, 0) is 0 Å². The molecule has 5 heteroatoms. The average molecular weight is 269 g/mol. The molecule has 2 N–H and O–H groups in total. The summed E-state index contributed by atoms with van der Waals surface area (Å²) in [6.07, 6.45) is 1.11. The normalized spacial score (nSPS) is 22.1. The molecular weight excluding hydrogens is 238 g/mol. The number of likely N-dealkylation sites (N-methyl/N-ethyl adjacent to an activating group) is 1. The number of rotatable bonds is 5. The molecule has 2 atom stereocenters. The summed E-state index contributed by atoms with van der Waals surface area (Å²) in [5, 5.41) is 6.82. The van der Waals surface area contributed by atoms with Gasteiger partial charge in [0.05, 0.1) is 0 Å². The van der Waals surface area contributed by atoms with Gasteiger partial charge in [0.1, 0.15) is 0 Å². The van der Waals surface area contributed by atoms with Gasteiger partial charge in [-0.1, -0.05) is 6.92 Å². The van der Waals surface area contributed by atoms with Crippen LogP contribution in [0.2, 0.25) is 0 Å². The highest BCUT2D eigenvalue weighted by Gasteiger charge is 2.19. The standard InChI is InChI=1S/C14H31N5/c1-6-12(2)17-14(15-4)16-11-13(3)19-9-7-18(5)8-10-19/h12-13H,6-11H2,1-5H3,(H2,15,16,17). The van der Waals surface area contributed by atoms with E-state index in [-0.39, 0.29) is 0 Å². The van der Waals surface area contributed by atoms with Gasteiger partial charge in [0.2, 0.25) is 0 Å². The van der Waals surface area contributed by atoms with Crippen molar-refractivity contribution < 1.29 is 0 Å². The molecule has 2 unspecified atom stereocenters. The third kappa shape index (κ3) is 5.78. The molecule has 0 aromatic heterocycles. The quantitative estimate of drug-likeness (QED) is 0.566. The molecule has 1 aliphatic rings. The fourth-order valence-corrected chi connectivity index (χ4v) is 2.17. The van der Waals surface area contributed by atoms with E-state index in [9.17, 15) is 0 Å². The van der Waals surface area contributed by atoms with Gasteiger partial charge in [-0.15, -0.1) is 0 Å². The lowest BCUT2D eigenvalue weighted by Crippen LogP contribution is -2.52. The summed E-state index contributed by atoms with van der Waals surface area (Å²) in [5.41, 5.74) is 0. The average Bonchev–Trinajstić information content (AvgIpc) is 2.43. The van der Waals surface area contributed by atoms with E-state index in [1.165, 1.54) is 13.1 Å². The van der Waals surface area contributed by atoms with Gasteiger partial charge in [0.15, 0.2) is 5.96 Å². The van der Waals surface area contributed by atoms with Crippen molar-refractivity contribution in [1.82, 2.24) is 20.4 Å². The van der Waals surface area contributed by atoms with Crippen molar-refractivity contribution in [2.45, 2.75) is 39.3 Å². The van der Waals surface area contributed by atoms with Crippen molar-refractivity contribution in [3.63, 3.8) is 0 Å². The molecule has 0 saturated carbocycles. The fourth-order valence-electron chi connectivity index (χ4n) is 2.17. The first kappa shape index (κ1) is 16.2.